The molecule has 30 heavy (non-hydrogen) atoms. The van der Waals surface area contributed by atoms with Crippen LogP contribution >= 0.6 is 0 Å². The zero-order chi connectivity index (χ0) is 21.6. The third-order valence-corrected chi connectivity index (χ3v) is 4.76. The van der Waals surface area contributed by atoms with Gasteiger partial charge in [0.2, 0.25) is 0 Å². The molecular formula is C21H14N2O7. The molecule has 9 heteroatoms. The molecule has 150 valence electrons. The molecule has 1 aliphatic heterocycles. The number of aryl methyl sites for hydroxylation is 1. The van der Waals surface area contributed by atoms with Crippen LogP contribution in [-0.2, 0) is 6.54 Å². The summed E-state index contributed by atoms with van der Waals surface area (Å²) < 4.78 is 11.3. The van der Waals surface area contributed by atoms with Gasteiger partial charge in [0.1, 0.15) is 11.3 Å². The van der Waals surface area contributed by atoms with Crippen LogP contribution in [0.25, 0.3) is 11.0 Å². The Bertz CT molecular complexity index is 1350. The number of Topliss-reactive ketones (excluding diaryl/α,β-unsaturated/α-hetero) is 1. The topological polar surface area (TPSA) is 129 Å². The van der Waals surface area contributed by atoms with E-state index in [1.165, 1.54) is 31.3 Å². The highest BCUT2D eigenvalue weighted by atomic mass is 16.5. The highest BCUT2D eigenvalue weighted by Gasteiger charge is 2.33. The Balaban J connectivity index is 1.72. The summed E-state index contributed by atoms with van der Waals surface area (Å²) in [6, 6.07) is 8.50. The fourth-order valence-corrected chi connectivity index (χ4v) is 3.30. The summed E-state index contributed by atoms with van der Waals surface area (Å²) in [5, 5.41) is 11.6. The van der Waals surface area contributed by atoms with Gasteiger partial charge >= 0.3 is 5.63 Å². The predicted molar refractivity (Wildman–Crippen MR) is 103 cm³/mol. The van der Waals surface area contributed by atoms with Crippen molar-refractivity contribution in [2.75, 3.05) is 7.05 Å². The fraction of sp³-hybridized carbons (Fsp3) is 0.143. The van der Waals surface area contributed by atoms with Gasteiger partial charge in [0.25, 0.3) is 17.4 Å². The molecule has 2 aromatic carbocycles. The summed E-state index contributed by atoms with van der Waals surface area (Å²) in [6.45, 7) is 1.63. The molecule has 0 amide bonds. The number of rotatable bonds is 4. The quantitative estimate of drug-likeness (QED) is 0.476. The van der Waals surface area contributed by atoms with Gasteiger partial charge in [0, 0.05) is 38.3 Å². The average Bonchev–Trinajstić information content (AvgIpc) is 3.02. The second kappa shape index (κ2) is 7.03. The lowest BCUT2D eigenvalue weighted by Crippen LogP contribution is -2.22. The molecule has 0 unspecified atom stereocenters. The van der Waals surface area contributed by atoms with Crippen LogP contribution in [0.2, 0.25) is 0 Å². The number of benzene rings is 2. The van der Waals surface area contributed by atoms with Gasteiger partial charge in [0.15, 0.2) is 12.6 Å². The van der Waals surface area contributed by atoms with Crippen LogP contribution in [0.5, 0.6) is 5.75 Å². The van der Waals surface area contributed by atoms with Crippen molar-refractivity contribution < 1.29 is 28.6 Å². The van der Waals surface area contributed by atoms with Gasteiger partial charge in [-0.15, -0.1) is 0 Å². The molecule has 0 aliphatic carbocycles. The first-order valence-electron chi connectivity index (χ1n) is 8.86. The summed E-state index contributed by atoms with van der Waals surface area (Å²) >= 11 is 0. The number of carboxylic acids is 1. The van der Waals surface area contributed by atoms with Crippen LogP contribution in [0.4, 0.5) is 5.69 Å². The average molecular weight is 406 g/mol. The molecule has 1 aliphatic rings. The normalized spacial score (nSPS) is 14.1. The Labute approximate surface area is 168 Å². The summed E-state index contributed by atoms with van der Waals surface area (Å²) in [6.07, 6.45) is 0. The van der Waals surface area contributed by atoms with Gasteiger partial charge in [-0.1, -0.05) is 6.07 Å². The van der Waals surface area contributed by atoms with Crippen LogP contribution in [0, 0.1) is 11.8 Å². The SMILES string of the molecule is Cc1cc(=O)oc2c3c(ccc12)OC(=NCc1ccc(C(=O)[O-])cc1[N+](C)=O)C3=O. The maximum atomic E-state index is 12.8. The number of nitrogens with zero attached hydrogens (tertiary/aromatic N) is 2. The number of carbonyl (C=O) groups is 2. The van der Waals surface area contributed by atoms with Gasteiger partial charge in [-0.05, 0) is 30.7 Å². The van der Waals surface area contributed by atoms with Crippen molar-refractivity contribution in [3.05, 3.63) is 74.0 Å². The van der Waals surface area contributed by atoms with E-state index < -0.39 is 17.4 Å². The first-order chi connectivity index (χ1) is 14.3. The van der Waals surface area contributed by atoms with Crippen LogP contribution in [0.1, 0.15) is 31.8 Å². The molecule has 0 radical (unpaired) electrons. The molecule has 9 nitrogen and oxygen atoms in total. The van der Waals surface area contributed by atoms with E-state index in [9.17, 15) is 24.4 Å². The highest BCUT2D eigenvalue weighted by molar-refractivity contribution is 6.48. The van der Waals surface area contributed by atoms with Crippen LogP contribution in [-0.4, -0.2) is 29.5 Å². The number of hydrogen-bond acceptors (Lipinski definition) is 8. The van der Waals surface area contributed by atoms with Gasteiger partial charge < -0.3 is 19.1 Å². The van der Waals surface area contributed by atoms with E-state index in [-0.39, 0.29) is 40.6 Å². The van der Waals surface area contributed by atoms with E-state index in [1.54, 1.807) is 19.1 Å². The molecule has 0 saturated heterocycles. The minimum Gasteiger partial charge on any atom is -0.545 e. The second-order valence-corrected chi connectivity index (χ2v) is 6.74. The minimum atomic E-state index is -1.41. The summed E-state index contributed by atoms with van der Waals surface area (Å²) in [4.78, 5) is 51.6. The highest BCUT2D eigenvalue weighted by Crippen LogP contribution is 2.34. The van der Waals surface area contributed by atoms with Crippen LogP contribution in [0.3, 0.4) is 0 Å². The molecule has 0 saturated carbocycles. The van der Waals surface area contributed by atoms with Gasteiger partial charge in [0.05, 0.1) is 12.5 Å². The lowest BCUT2D eigenvalue weighted by Gasteiger charge is -2.04. The third kappa shape index (κ3) is 3.16. The summed E-state index contributed by atoms with van der Waals surface area (Å²) in [5.41, 5.74) is 0.648. The predicted octanol–water partition coefficient (Wildman–Crippen LogP) is 1.68. The molecule has 0 spiro atoms. The maximum absolute atomic E-state index is 12.8. The lowest BCUT2D eigenvalue weighted by atomic mass is 10.0. The monoisotopic (exact) mass is 406 g/mol. The molecule has 0 bridgehead atoms. The third-order valence-electron chi connectivity index (χ3n) is 4.76. The number of hydrogen-bond donors (Lipinski definition) is 0. The largest absolute Gasteiger partial charge is 0.545 e. The number of ether oxygens (including phenoxy) is 1. The van der Waals surface area contributed by atoms with Gasteiger partial charge in [-0.25, -0.2) is 9.79 Å². The fourth-order valence-electron chi connectivity index (χ4n) is 3.30. The van der Waals surface area contributed by atoms with Crippen molar-refractivity contribution >= 4 is 34.3 Å². The van der Waals surface area contributed by atoms with E-state index in [2.05, 4.69) is 4.99 Å². The second-order valence-electron chi connectivity index (χ2n) is 6.74. The Morgan fingerprint density at radius 1 is 1.17 bits per heavy atom. The van der Waals surface area contributed by atoms with Crippen LogP contribution < -0.4 is 15.5 Å². The Morgan fingerprint density at radius 3 is 2.63 bits per heavy atom. The minimum absolute atomic E-state index is 0.0797. The number of carbonyl (C=O) groups excluding carboxylic acids is 2. The van der Waals surface area contributed by atoms with E-state index in [0.717, 1.165) is 0 Å². The molecule has 0 N–H and O–H groups in total. The zero-order valence-electron chi connectivity index (χ0n) is 15.9. The summed E-state index contributed by atoms with van der Waals surface area (Å²) in [7, 11) is 1.22. The lowest BCUT2D eigenvalue weighted by molar-refractivity contribution is -0.429. The van der Waals surface area contributed by atoms with Crippen molar-refractivity contribution in [3.63, 3.8) is 0 Å². The number of ketones is 1. The summed E-state index contributed by atoms with van der Waals surface area (Å²) in [5.74, 6) is -1.96. The molecule has 4 rings (SSSR count). The van der Waals surface area contributed by atoms with Crippen molar-refractivity contribution in [2.24, 2.45) is 4.99 Å². The van der Waals surface area contributed by atoms with E-state index in [4.69, 9.17) is 9.15 Å². The van der Waals surface area contributed by atoms with Crippen molar-refractivity contribution in [1.82, 2.24) is 0 Å². The Hall–Kier alpha value is -4.14. The number of aliphatic imine (C=N–C) groups is 1. The first-order valence-corrected chi connectivity index (χ1v) is 8.86. The van der Waals surface area contributed by atoms with Crippen molar-refractivity contribution in [3.8, 4) is 5.75 Å². The Morgan fingerprint density at radius 2 is 1.93 bits per heavy atom. The van der Waals surface area contributed by atoms with E-state index in [1.807, 2.05) is 0 Å². The molecular weight excluding hydrogens is 392 g/mol. The maximum Gasteiger partial charge on any atom is 0.336 e. The van der Waals surface area contributed by atoms with E-state index >= 15 is 0 Å². The molecule has 3 aromatic rings. The molecule has 0 fully saturated rings. The molecule has 2 heterocycles. The van der Waals surface area contributed by atoms with Crippen molar-refractivity contribution in [2.45, 2.75) is 13.5 Å². The van der Waals surface area contributed by atoms with Gasteiger partial charge in [-0.3, -0.25) is 4.79 Å². The first kappa shape index (κ1) is 19.2. The zero-order valence-corrected chi connectivity index (χ0v) is 15.9. The Kier molecular flexibility index (Phi) is 4.50. The number of carboxylic acid groups (broad SMARTS) is 1. The van der Waals surface area contributed by atoms with Gasteiger partial charge in [-0.2, -0.15) is 0 Å². The number of aromatic carboxylic acids is 1. The molecule has 0 atom stereocenters. The number of nitroso groups, excluding NO2 is 1. The standard InChI is InChI=1S/C21H14N2O7/c1-10-7-16(24)30-19-13(10)5-6-15-17(19)18(25)20(29-15)22-9-12-4-3-11(21(26)27)8-14(12)23(2)28/h3-8H,9H2,1-2H3. The van der Waals surface area contributed by atoms with Crippen molar-refractivity contribution in [1.29, 1.82) is 0 Å². The number of fused-ring (bicyclic) bond motifs is 3. The smallest absolute Gasteiger partial charge is 0.336 e. The molecule has 1 aromatic heterocycles. The van der Waals surface area contributed by atoms with E-state index in [0.29, 0.717) is 21.3 Å². The van der Waals surface area contributed by atoms with Crippen LogP contribution in [0.15, 0.2) is 50.6 Å².